The number of rotatable bonds is 2. The Kier molecular flexibility index (Phi) is 2.74. The van der Waals surface area contributed by atoms with Crippen LogP contribution in [-0.4, -0.2) is 24.6 Å². The highest BCUT2D eigenvalue weighted by Crippen LogP contribution is 2.14. The van der Waals surface area contributed by atoms with Crippen LogP contribution in [-0.2, 0) is 4.74 Å². The molecule has 3 heteroatoms. The molecule has 0 spiro atoms. The van der Waals surface area contributed by atoms with Crippen molar-refractivity contribution in [3.63, 3.8) is 0 Å². The van der Waals surface area contributed by atoms with Crippen LogP contribution in [0.3, 0.4) is 0 Å². The van der Waals surface area contributed by atoms with Crippen molar-refractivity contribution in [2.75, 3.05) is 13.6 Å². The molecule has 1 aliphatic rings. The lowest BCUT2D eigenvalue weighted by Crippen LogP contribution is -2.17. The number of carbonyl (C=O) groups excluding carboxylic acids is 1. The summed E-state index contributed by atoms with van der Waals surface area (Å²) in [6.45, 7) is 4.89. The summed E-state index contributed by atoms with van der Waals surface area (Å²) in [6.07, 6.45) is 2.72. The molecule has 12 heavy (non-hydrogen) atoms. The minimum atomic E-state index is -0.245. The van der Waals surface area contributed by atoms with Gasteiger partial charge in [0.1, 0.15) is 5.76 Å². The van der Waals surface area contributed by atoms with Crippen molar-refractivity contribution in [1.29, 1.82) is 0 Å². The van der Waals surface area contributed by atoms with E-state index in [-0.39, 0.29) is 6.09 Å². The van der Waals surface area contributed by atoms with Crippen LogP contribution in [0.2, 0.25) is 0 Å². The Labute approximate surface area is 73.0 Å². The van der Waals surface area contributed by atoms with E-state index in [0.717, 1.165) is 12.2 Å². The Bertz CT molecular complexity index is 209. The summed E-state index contributed by atoms with van der Waals surface area (Å²) in [5.41, 5.74) is 0. The molecule has 0 N–H and O–H groups in total. The molecule has 1 amide bonds. The van der Waals surface area contributed by atoms with Crippen molar-refractivity contribution in [2.24, 2.45) is 5.92 Å². The molecular weight excluding hydrogens is 154 g/mol. The minimum absolute atomic E-state index is 0.245. The van der Waals surface area contributed by atoms with Crippen molar-refractivity contribution in [2.45, 2.75) is 20.3 Å². The summed E-state index contributed by atoms with van der Waals surface area (Å²) in [6, 6.07) is 0. The van der Waals surface area contributed by atoms with Gasteiger partial charge in [0.2, 0.25) is 0 Å². The Hall–Kier alpha value is -0.990. The quantitative estimate of drug-likeness (QED) is 0.632. The maximum absolute atomic E-state index is 10.9. The lowest BCUT2D eigenvalue weighted by atomic mass is 10.1. The van der Waals surface area contributed by atoms with Crippen LogP contribution in [0, 0.1) is 5.92 Å². The molecule has 0 unspecified atom stereocenters. The van der Waals surface area contributed by atoms with Gasteiger partial charge in [0.15, 0.2) is 0 Å². The van der Waals surface area contributed by atoms with Crippen molar-refractivity contribution >= 4 is 6.09 Å². The van der Waals surface area contributed by atoms with E-state index < -0.39 is 0 Å². The van der Waals surface area contributed by atoms with Gasteiger partial charge in [0.25, 0.3) is 0 Å². The molecular formula is C9H15NO2. The Morgan fingerprint density at radius 3 is 2.75 bits per heavy atom. The normalized spacial score (nSPS) is 20.8. The number of amides is 1. The minimum Gasteiger partial charge on any atom is -0.413 e. The average Bonchev–Trinajstić information content (AvgIpc) is 2.28. The van der Waals surface area contributed by atoms with Crippen molar-refractivity contribution in [3.05, 3.63) is 11.8 Å². The number of likely N-dealkylation sites (N-methyl/N-ethyl adjacent to an activating group) is 1. The zero-order valence-corrected chi connectivity index (χ0v) is 7.83. The molecule has 1 aliphatic heterocycles. The number of nitrogens with zero attached hydrogens (tertiary/aromatic N) is 1. The molecule has 1 heterocycles. The molecule has 68 valence electrons. The Balaban J connectivity index is 2.45. The maximum Gasteiger partial charge on any atom is 0.415 e. The highest BCUT2D eigenvalue weighted by Gasteiger charge is 2.22. The first-order valence-electron chi connectivity index (χ1n) is 4.21. The van der Waals surface area contributed by atoms with Gasteiger partial charge in [-0.3, -0.25) is 0 Å². The smallest absolute Gasteiger partial charge is 0.413 e. The van der Waals surface area contributed by atoms with Crippen LogP contribution in [0.15, 0.2) is 11.8 Å². The highest BCUT2D eigenvalue weighted by atomic mass is 16.6. The first kappa shape index (κ1) is 9.10. The van der Waals surface area contributed by atoms with Crippen LogP contribution in [0.5, 0.6) is 0 Å². The van der Waals surface area contributed by atoms with Gasteiger partial charge < -0.3 is 9.64 Å². The first-order chi connectivity index (χ1) is 5.59. The molecule has 0 saturated carbocycles. The average molecular weight is 169 g/mol. The molecule has 1 rings (SSSR count). The highest BCUT2D eigenvalue weighted by molar-refractivity contribution is 5.71. The second-order valence-corrected chi connectivity index (χ2v) is 3.52. The molecule has 0 aromatic carbocycles. The molecule has 1 fully saturated rings. The fourth-order valence-corrected chi connectivity index (χ4v) is 0.994. The summed E-state index contributed by atoms with van der Waals surface area (Å²) in [7, 11) is 1.73. The summed E-state index contributed by atoms with van der Waals surface area (Å²) in [5.74, 6) is 1.40. The van der Waals surface area contributed by atoms with E-state index in [1.807, 2.05) is 6.08 Å². The molecule has 1 saturated heterocycles. The van der Waals surface area contributed by atoms with Crippen LogP contribution in [0.1, 0.15) is 20.3 Å². The van der Waals surface area contributed by atoms with Gasteiger partial charge in [0, 0.05) is 7.05 Å². The standard InChI is InChI=1S/C9H15NO2/c1-7(2)4-5-8-6-10(3)9(11)12-8/h5,7H,4,6H2,1-3H3/b8-5-. The molecule has 0 atom stereocenters. The zero-order chi connectivity index (χ0) is 9.14. The van der Waals surface area contributed by atoms with E-state index in [4.69, 9.17) is 4.74 Å². The maximum atomic E-state index is 10.9. The lowest BCUT2D eigenvalue weighted by molar-refractivity contribution is 0.174. The van der Waals surface area contributed by atoms with Gasteiger partial charge in [-0.1, -0.05) is 13.8 Å². The number of cyclic esters (lactones) is 1. The third kappa shape index (κ3) is 2.26. The third-order valence-corrected chi connectivity index (χ3v) is 1.74. The van der Waals surface area contributed by atoms with Crippen LogP contribution < -0.4 is 0 Å². The summed E-state index contributed by atoms with van der Waals surface area (Å²) in [4.78, 5) is 12.5. The monoisotopic (exact) mass is 169 g/mol. The van der Waals surface area contributed by atoms with E-state index in [1.54, 1.807) is 11.9 Å². The second-order valence-electron chi connectivity index (χ2n) is 3.52. The van der Waals surface area contributed by atoms with Crippen LogP contribution >= 0.6 is 0 Å². The summed E-state index contributed by atoms with van der Waals surface area (Å²) < 4.78 is 4.97. The predicted molar refractivity (Wildman–Crippen MR) is 46.6 cm³/mol. The van der Waals surface area contributed by atoms with Crippen LogP contribution in [0.25, 0.3) is 0 Å². The second kappa shape index (κ2) is 3.61. The fourth-order valence-electron chi connectivity index (χ4n) is 0.994. The Morgan fingerprint density at radius 2 is 2.33 bits per heavy atom. The third-order valence-electron chi connectivity index (χ3n) is 1.74. The van der Waals surface area contributed by atoms with E-state index >= 15 is 0 Å². The predicted octanol–water partition coefficient (Wildman–Crippen LogP) is 2.00. The number of allylic oxidation sites excluding steroid dienone is 1. The summed E-state index contributed by atoms with van der Waals surface area (Å²) in [5, 5.41) is 0. The van der Waals surface area contributed by atoms with Gasteiger partial charge in [-0.15, -0.1) is 0 Å². The Morgan fingerprint density at radius 1 is 1.67 bits per heavy atom. The van der Waals surface area contributed by atoms with Crippen molar-refractivity contribution < 1.29 is 9.53 Å². The molecule has 0 aromatic rings. The number of carbonyl (C=O) groups is 1. The topological polar surface area (TPSA) is 29.5 Å². The van der Waals surface area contributed by atoms with E-state index in [0.29, 0.717) is 12.5 Å². The van der Waals surface area contributed by atoms with Crippen molar-refractivity contribution in [1.82, 2.24) is 4.90 Å². The molecule has 3 nitrogen and oxygen atoms in total. The number of ether oxygens (including phenoxy) is 1. The molecule has 0 aliphatic carbocycles. The molecule has 0 aromatic heterocycles. The lowest BCUT2D eigenvalue weighted by Gasteiger charge is -1.99. The van der Waals surface area contributed by atoms with Gasteiger partial charge in [-0.25, -0.2) is 4.79 Å². The van der Waals surface area contributed by atoms with Gasteiger partial charge >= 0.3 is 6.09 Å². The van der Waals surface area contributed by atoms with E-state index in [9.17, 15) is 4.79 Å². The SMILES string of the molecule is CC(C)C/C=C1/CN(C)C(=O)O1. The number of hydrogen-bond donors (Lipinski definition) is 0. The number of hydrogen-bond acceptors (Lipinski definition) is 2. The van der Waals surface area contributed by atoms with Crippen molar-refractivity contribution in [3.8, 4) is 0 Å². The molecule has 0 bridgehead atoms. The zero-order valence-electron chi connectivity index (χ0n) is 7.83. The summed E-state index contributed by atoms with van der Waals surface area (Å²) >= 11 is 0. The largest absolute Gasteiger partial charge is 0.415 e. The first-order valence-corrected chi connectivity index (χ1v) is 4.21. The molecule has 0 radical (unpaired) electrons. The fraction of sp³-hybridized carbons (Fsp3) is 0.667. The van der Waals surface area contributed by atoms with Gasteiger partial charge in [-0.05, 0) is 18.4 Å². The van der Waals surface area contributed by atoms with Gasteiger partial charge in [0.05, 0.1) is 6.54 Å². The van der Waals surface area contributed by atoms with Crippen LogP contribution in [0.4, 0.5) is 4.79 Å². The van der Waals surface area contributed by atoms with E-state index in [1.165, 1.54) is 0 Å². The van der Waals surface area contributed by atoms with Gasteiger partial charge in [-0.2, -0.15) is 0 Å². The van der Waals surface area contributed by atoms with E-state index in [2.05, 4.69) is 13.8 Å².